The molecular weight excluding hydrogens is 779 g/mol. The number of ether oxygens (including phenoxy) is 2. The molecule has 0 unspecified atom stereocenters. The van der Waals surface area contributed by atoms with Gasteiger partial charge in [0.05, 0.1) is 18.7 Å². The zero-order chi connectivity index (χ0) is 43.1. The van der Waals surface area contributed by atoms with Gasteiger partial charge in [0, 0.05) is 61.1 Å². The predicted molar refractivity (Wildman–Crippen MR) is 226 cm³/mol. The summed E-state index contributed by atoms with van der Waals surface area (Å²) in [6.45, 7) is 4.15. The van der Waals surface area contributed by atoms with Crippen LogP contribution in [0.5, 0.6) is 23.0 Å². The zero-order valence-electron chi connectivity index (χ0n) is 32.7. The van der Waals surface area contributed by atoms with E-state index in [9.17, 15) is 9.59 Å². The number of nitrogens with two attached hydrogens (primary N) is 1. The van der Waals surface area contributed by atoms with Gasteiger partial charge in [-0.15, -0.1) is 0 Å². The molecule has 0 saturated heterocycles. The van der Waals surface area contributed by atoms with Gasteiger partial charge in [-0.1, -0.05) is 35.4 Å². The molecule has 0 radical (unpaired) electrons. The molecule has 0 bridgehead atoms. The van der Waals surface area contributed by atoms with Crippen molar-refractivity contribution in [1.29, 1.82) is 10.5 Å². The van der Waals surface area contributed by atoms with Crippen molar-refractivity contribution < 1.29 is 24.2 Å². The van der Waals surface area contributed by atoms with Crippen molar-refractivity contribution in [2.45, 2.75) is 26.7 Å². The Morgan fingerprint density at radius 1 is 0.672 bits per heavy atom. The fraction of sp³-hybridized carbons (Fsp3) is 0.116. The van der Waals surface area contributed by atoms with Crippen molar-refractivity contribution in [2.24, 2.45) is 5.73 Å². The van der Waals surface area contributed by atoms with Gasteiger partial charge in [0.25, 0.3) is 0 Å². The van der Waals surface area contributed by atoms with Crippen molar-refractivity contribution in [1.82, 2.24) is 40.3 Å². The number of Topliss-reactive ketones (excluding diaryl/α,β-unsaturated/α-hetero) is 1. The van der Waals surface area contributed by atoms with Crippen molar-refractivity contribution in [3.8, 4) is 35.1 Å². The molecule has 8 aromatic rings. The number of hydrogen-bond donors (Lipinski definition) is 6. The second kappa shape index (κ2) is 20.1. The molecule has 0 atom stereocenters. The van der Waals surface area contributed by atoms with E-state index in [0.29, 0.717) is 73.8 Å². The largest absolute Gasteiger partial charge is 0.477 e. The van der Waals surface area contributed by atoms with Gasteiger partial charge in [0.1, 0.15) is 56.8 Å². The Morgan fingerprint density at radius 2 is 1.11 bits per heavy atom. The van der Waals surface area contributed by atoms with Crippen molar-refractivity contribution in [2.75, 3.05) is 17.2 Å². The highest BCUT2D eigenvalue weighted by molar-refractivity contribution is 5.97. The first-order chi connectivity index (χ1) is 29.6. The van der Waals surface area contributed by atoms with E-state index in [1.54, 1.807) is 55.0 Å². The summed E-state index contributed by atoms with van der Waals surface area (Å²) in [5.41, 5.74) is 9.38. The summed E-state index contributed by atoms with van der Waals surface area (Å²) in [6.07, 6.45) is 6.52. The Hall–Kier alpha value is -8.74. The maximum Gasteiger partial charge on any atom is 0.354 e. The molecule has 8 rings (SSSR count). The number of H-pyrrole nitrogens is 2. The number of nitriles is 2. The number of aryl methyl sites for hydroxylation is 2. The lowest BCUT2D eigenvalue weighted by atomic mass is 10.1. The van der Waals surface area contributed by atoms with Crippen LogP contribution >= 0.6 is 0 Å². The number of carboxylic acids is 1. The summed E-state index contributed by atoms with van der Waals surface area (Å²) >= 11 is 0. The number of hydrogen-bond acceptors (Lipinski definition) is 15. The van der Waals surface area contributed by atoms with E-state index in [2.05, 4.69) is 56.7 Å². The van der Waals surface area contributed by atoms with Gasteiger partial charge in [0.2, 0.25) is 0 Å². The summed E-state index contributed by atoms with van der Waals surface area (Å²) in [7, 11) is 0. The van der Waals surface area contributed by atoms with Crippen LogP contribution in [0.25, 0.3) is 22.1 Å². The molecule has 0 aliphatic heterocycles. The minimum atomic E-state index is -1.10. The van der Waals surface area contributed by atoms with Gasteiger partial charge in [-0.2, -0.15) is 20.7 Å². The van der Waals surface area contributed by atoms with E-state index < -0.39 is 5.97 Å². The molecule has 0 aliphatic carbocycles. The maximum atomic E-state index is 12.2. The standard InChI is InChI=1S/C22H18N6O2.C19H15N5O3.C2H4N2/c1-14-4-6-16(7-5-14)30-19-9-12-25-21-20(19)22(28-27-21)26-15-8-11-24-17(13-15)18(29)3-2-10-23;1-11-2-4-13(5-3-11)27-15-7-9-21-17-16(15)18(24-23-17)22-12-6-8-20-14(10-12)19(25)26;3-1-2-4/h4-9,11-13H,2-3H2,1H3,(H2,24,25,26,27,28);2-10H,1H3,(H,25,26)(H2,20,21,22,23,24);1,3H2. The lowest BCUT2D eigenvalue weighted by Gasteiger charge is -2.10. The molecule has 18 nitrogen and oxygen atoms in total. The van der Waals surface area contributed by atoms with Crippen molar-refractivity contribution in [3.05, 3.63) is 132 Å². The Bertz CT molecular complexity index is 2860. The molecule has 6 heterocycles. The first-order valence-electron chi connectivity index (χ1n) is 18.5. The normalized spacial score (nSPS) is 10.2. The maximum absolute atomic E-state index is 12.2. The van der Waals surface area contributed by atoms with Crippen LogP contribution in [-0.2, 0) is 0 Å². The summed E-state index contributed by atoms with van der Waals surface area (Å²) in [5, 5.41) is 47.2. The highest BCUT2D eigenvalue weighted by Crippen LogP contribution is 2.35. The highest BCUT2D eigenvalue weighted by Gasteiger charge is 2.16. The van der Waals surface area contributed by atoms with E-state index in [1.165, 1.54) is 12.3 Å². The topological polar surface area (TPSA) is 279 Å². The Labute approximate surface area is 348 Å². The van der Waals surface area contributed by atoms with Gasteiger partial charge in [-0.25, -0.2) is 19.7 Å². The molecule has 0 spiro atoms. The van der Waals surface area contributed by atoms with Crippen LogP contribution in [0.2, 0.25) is 0 Å². The number of anilines is 4. The van der Waals surface area contributed by atoms with Crippen LogP contribution < -0.4 is 25.8 Å². The van der Waals surface area contributed by atoms with Crippen LogP contribution in [0.3, 0.4) is 0 Å². The third kappa shape index (κ3) is 11.0. The van der Waals surface area contributed by atoms with Crippen LogP contribution in [0, 0.1) is 36.5 Å². The number of nitrogens with zero attached hydrogens (tertiary/aromatic N) is 8. The average molecular weight is 816 g/mol. The molecular formula is C43H37N13O5. The number of rotatable bonds is 12. The minimum Gasteiger partial charge on any atom is -0.477 e. The Kier molecular flexibility index (Phi) is 13.8. The van der Waals surface area contributed by atoms with Crippen LogP contribution in [-0.4, -0.2) is 63.7 Å². The summed E-state index contributed by atoms with van der Waals surface area (Å²) < 4.78 is 12.1. The van der Waals surface area contributed by atoms with Gasteiger partial charge in [-0.3, -0.25) is 20.0 Å². The number of fused-ring (bicyclic) bond motifs is 2. The Morgan fingerprint density at radius 3 is 1.56 bits per heavy atom. The van der Waals surface area contributed by atoms with Gasteiger partial charge in [-0.05, 0) is 62.4 Å². The summed E-state index contributed by atoms with van der Waals surface area (Å²) in [5.74, 6) is 2.42. The third-order valence-corrected chi connectivity index (χ3v) is 8.45. The number of carboxylic acid groups (broad SMARTS) is 1. The van der Waals surface area contributed by atoms with E-state index in [-0.39, 0.29) is 30.9 Å². The zero-order valence-corrected chi connectivity index (χ0v) is 32.7. The lowest BCUT2D eigenvalue weighted by Crippen LogP contribution is -2.03. The van der Waals surface area contributed by atoms with Crippen LogP contribution in [0.4, 0.5) is 23.0 Å². The van der Waals surface area contributed by atoms with Crippen LogP contribution in [0.1, 0.15) is 44.9 Å². The van der Waals surface area contributed by atoms with E-state index in [4.69, 9.17) is 25.1 Å². The van der Waals surface area contributed by atoms with Crippen molar-refractivity contribution >= 4 is 56.8 Å². The number of ketones is 1. The molecule has 0 aliphatic rings. The molecule has 61 heavy (non-hydrogen) atoms. The summed E-state index contributed by atoms with van der Waals surface area (Å²) in [4.78, 5) is 39.7. The van der Waals surface area contributed by atoms with E-state index >= 15 is 0 Å². The molecule has 7 N–H and O–H groups in total. The number of nitrogens with one attached hydrogen (secondary N) is 4. The van der Waals surface area contributed by atoms with Crippen LogP contribution in [0.15, 0.2) is 110 Å². The van der Waals surface area contributed by atoms with Gasteiger partial charge >= 0.3 is 5.97 Å². The fourth-order valence-corrected chi connectivity index (χ4v) is 5.53. The summed E-state index contributed by atoms with van der Waals surface area (Å²) in [6, 6.07) is 29.1. The fourth-order valence-electron chi connectivity index (χ4n) is 5.53. The number of aromatic amines is 2. The average Bonchev–Trinajstić information content (AvgIpc) is 3.89. The van der Waals surface area contributed by atoms with E-state index in [1.807, 2.05) is 68.4 Å². The second-order valence-corrected chi connectivity index (χ2v) is 12.9. The molecule has 304 valence electrons. The molecule has 0 amide bonds. The third-order valence-electron chi connectivity index (χ3n) is 8.45. The molecule has 6 aromatic heterocycles. The quantitative estimate of drug-likeness (QED) is 0.0502. The molecule has 0 fully saturated rings. The first kappa shape index (κ1) is 41.9. The Balaban J connectivity index is 0.000000189. The number of benzene rings is 2. The number of carbonyl (C=O) groups is 2. The van der Waals surface area contributed by atoms with Gasteiger partial charge < -0.3 is 30.9 Å². The van der Waals surface area contributed by atoms with Crippen molar-refractivity contribution in [3.63, 3.8) is 0 Å². The number of aromatic carboxylic acids is 1. The SMILES string of the molecule is Cc1ccc(Oc2ccnc3n[nH]c(Nc4ccnc(C(=O)CCC#N)c4)c23)cc1.Cc1ccc(Oc2ccnc3n[nH]c(Nc4ccnc(C(=O)O)c4)c23)cc1.N#CCN. The molecule has 2 aromatic carbocycles. The monoisotopic (exact) mass is 815 g/mol. The predicted octanol–water partition coefficient (Wildman–Crippen LogP) is 8.05. The van der Waals surface area contributed by atoms with Gasteiger partial charge in [0.15, 0.2) is 17.1 Å². The first-order valence-corrected chi connectivity index (χ1v) is 18.5. The lowest BCUT2D eigenvalue weighted by molar-refractivity contribution is 0.0690. The minimum absolute atomic E-state index is 0.0573. The highest BCUT2D eigenvalue weighted by atomic mass is 16.5. The molecule has 0 saturated carbocycles. The number of carbonyl (C=O) groups excluding carboxylic acids is 1. The second-order valence-electron chi connectivity index (χ2n) is 12.9. The van der Waals surface area contributed by atoms with E-state index in [0.717, 1.165) is 11.1 Å². The molecule has 18 heteroatoms. The smallest absolute Gasteiger partial charge is 0.354 e. The number of pyridine rings is 4. The number of aromatic nitrogens is 8.